The highest BCUT2D eigenvalue weighted by atomic mass is 16.6. The predicted octanol–water partition coefficient (Wildman–Crippen LogP) is 4.49. The molecule has 0 radical (unpaired) electrons. The van der Waals surface area contributed by atoms with Gasteiger partial charge in [0.2, 0.25) is 0 Å². The van der Waals surface area contributed by atoms with E-state index in [1.54, 1.807) is 7.11 Å². The summed E-state index contributed by atoms with van der Waals surface area (Å²) in [6, 6.07) is 14.4. The number of ether oxygens (including phenoxy) is 1. The maximum Gasteiger partial charge on any atom is 0.595 e. The van der Waals surface area contributed by atoms with Crippen LogP contribution >= 0.6 is 0 Å². The van der Waals surface area contributed by atoms with Crippen LogP contribution in [-0.4, -0.2) is 14.2 Å². The number of hydrogen-bond donors (Lipinski definition) is 0. The van der Waals surface area contributed by atoms with Gasteiger partial charge in [-0.15, -0.1) is 0 Å². The van der Waals surface area contributed by atoms with Crippen molar-refractivity contribution in [3.63, 3.8) is 0 Å². The van der Waals surface area contributed by atoms with E-state index in [-0.39, 0.29) is 12.5 Å². The van der Waals surface area contributed by atoms with Gasteiger partial charge in [-0.3, -0.25) is 0 Å². The van der Waals surface area contributed by atoms with Gasteiger partial charge in [-0.25, -0.2) is 0 Å². The van der Waals surface area contributed by atoms with E-state index in [1.165, 1.54) is 11.1 Å². The third-order valence-corrected chi connectivity index (χ3v) is 4.15. The molecule has 0 N–H and O–H groups in total. The molecule has 1 aliphatic heterocycles. The van der Waals surface area contributed by atoms with Gasteiger partial charge in [-0.2, -0.15) is 0 Å². The topological polar surface area (TPSA) is 27.7 Å². The molecule has 0 aromatic heterocycles. The lowest BCUT2D eigenvalue weighted by molar-refractivity contribution is 0.414. The van der Waals surface area contributed by atoms with Crippen molar-refractivity contribution in [1.82, 2.24) is 0 Å². The van der Waals surface area contributed by atoms with E-state index in [0.29, 0.717) is 0 Å². The van der Waals surface area contributed by atoms with E-state index in [1.807, 2.05) is 18.2 Å². The number of benzene rings is 2. The molecule has 2 aromatic carbocycles. The summed E-state index contributed by atoms with van der Waals surface area (Å²) in [7, 11) is 1.47. The van der Waals surface area contributed by atoms with Crippen LogP contribution in [0.2, 0.25) is 6.32 Å². The molecular formula is C19H23BO3. The van der Waals surface area contributed by atoms with E-state index < -0.39 is 0 Å². The normalized spacial score (nSPS) is 13.3. The van der Waals surface area contributed by atoms with E-state index >= 15 is 0 Å². The Kier molecular flexibility index (Phi) is 4.25. The smallest absolute Gasteiger partial charge is 0.523 e. The molecule has 0 aliphatic carbocycles. The van der Waals surface area contributed by atoms with Gasteiger partial charge in [0.05, 0.1) is 7.11 Å². The average Bonchev–Trinajstić information content (AvgIpc) is 2.94. The van der Waals surface area contributed by atoms with Crippen LogP contribution in [0.3, 0.4) is 0 Å². The van der Waals surface area contributed by atoms with Crippen LogP contribution in [0.1, 0.15) is 31.9 Å². The highest BCUT2D eigenvalue weighted by molar-refractivity contribution is 6.47. The average molecular weight is 310 g/mol. The summed E-state index contributed by atoms with van der Waals surface area (Å²) in [5.74, 6) is 2.58. The lowest BCUT2D eigenvalue weighted by Crippen LogP contribution is -2.24. The molecule has 120 valence electrons. The van der Waals surface area contributed by atoms with Gasteiger partial charge < -0.3 is 14.0 Å². The monoisotopic (exact) mass is 310 g/mol. The van der Waals surface area contributed by atoms with Crippen LogP contribution in [0.5, 0.6) is 17.2 Å². The summed E-state index contributed by atoms with van der Waals surface area (Å²) in [4.78, 5) is 0. The second kappa shape index (κ2) is 6.19. The lowest BCUT2D eigenvalue weighted by Gasteiger charge is -2.19. The minimum atomic E-state index is -0.206. The summed E-state index contributed by atoms with van der Waals surface area (Å²) in [5, 5.41) is 0. The Hall–Kier alpha value is -2.10. The molecule has 0 fully saturated rings. The number of hydrogen-bond acceptors (Lipinski definition) is 3. The van der Waals surface area contributed by atoms with E-state index in [2.05, 4.69) is 45.0 Å². The Balaban J connectivity index is 1.61. The van der Waals surface area contributed by atoms with Crippen LogP contribution in [-0.2, 0) is 11.8 Å². The van der Waals surface area contributed by atoms with Crippen molar-refractivity contribution >= 4 is 7.12 Å². The molecule has 23 heavy (non-hydrogen) atoms. The van der Waals surface area contributed by atoms with Crippen LogP contribution in [0.15, 0.2) is 42.5 Å². The third-order valence-electron chi connectivity index (χ3n) is 4.15. The summed E-state index contributed by atoms with van der Waals surface area (Å²) in [6.07, 6.45) is 1.74. The summed E-state index contributed by atoms with van der Waals surface area (Å²) < 4.78 is 17.0. The van der Waals surface area contributed by atoms with Crippen LogP contribution < -0.4 is 14.0 Å². The highest BCUT2D eigenvalue weighted by Crippen LogP contribution is 2.38. The first-order valence-electron chi connectivity index (χ1n) is 8.06. The molecule has 3 nitrogen and oxygen atoms in total. The molecule has 0 bridgehead atoms. The van der Waals surface area contributed by atoms with Gasteiger partial charge >= 0.3 is 7.12 Å². The Morgan fingerprint density at radius 1 is 0.957 bits per heavy atom. The van der Waals surface area contributed by atoms with Crippen molar-refractivity contribution in [3.05, 3.63) is 53.6 Å². The highest BCUT2D eigenvalue weighted by Gasteiger charge is 2.32. The van der Waals surface area contributed by atoms with E-state index in [0.717, 1.165) is 30.0 Å². The summed E-state index contributed by atoms with van der Waals surface area (Å²) in [5.41, 5.74) is 2.62. The van der Waals surface area contributed by atoms with Crippen molar-refractivity contribution in [2.45, 2.75) is 38.9 Å². The molecule has 0 unspecified atom stereocenters. The van der Waals surface area contributed by atoms with Crippen LogP contribution in [0.4, 0.5) is 0 Å². The zero-order valence-corrected chi connectivity index (χ0v) is 14.3. The maximum absolute atomic E-state index is 5.96. The molecule has 0 amide bonds. The maximum atomic E-state index is 5.96. The Morgan fingerprint density at radius 2 is 1.65 bits per heavy atom. The van der Waals surface area contributed by atoms with Gasteiger partial charge in [0, 0.05) is 6.32 Å². The van der Waals surface area contributed by atoms with Gasteiger partial charge in [-0.1, -0.05) is 39.0 Å². The van der Waals surface area contributed by atoms with Gasteiger partial charge in [0.1, 0.15) is 17.2 Å². The Labute approximate surface area is 138 Å². The fourth-order valence-electron chi connectivity index (χ4n) is 2.67. The first-order valence-corrected chi connectivity index (χ1v) is 8.06. The van der Waals surface area contributed by atoms with Crippen molar-refractivity contribution < 1.29 is 14.0 Å². The SMILES string of the molecule is COc1ccc(CCB2Oc3ccc(C(C)(C)C)cc3O2)cc1. The fraction of sp³-hybridized carbons (Fsp3) is 0.368. The van der Waals surface area contributed by atoms with Gasteiger partial charge in [0.15, 0.2) is 0 Å². The largest absolute Gasteiger partial charge is 0.595 e. The van der Waals surface area contributed by atoms with Crippen molar-refractivity contribution in [1.29, 1.82) is 0 Å². The molecule has 0 spiro atoms. The number of methoxy groups -OCH3 is 1. The lowest BCUT2D eigenvalue weighted by atomic mass is 9.82. The Morgan fingerprint density at radius 3 is 2.30 bits per heavy atom. The third kappa shape index (κ3) is 3.63. The molecule has 4 heteroatoms. The van der Waals surface area contributed by atoms with Crippen molar-refractivity contribution in [2.24, 2.45) is 0 Å². The molecule has 2 aromatic rings. The van der Waals surface area contributed by atoms with Crippen molar-refractivity contribution in [3.8, 4) is 17.2 Å². The summed E-state index contributed by atoms with van der Waals surface area (Å²) >= 11 is 0. The van der Waals surface area contributed by atoms with Crippen molar-refractivity contribution in [2.75, 3.05) is 7.11 Å². The molecule has 1 aliphatic rings. The first kappa shape index (κ1) is 15.8. The fourth-order valence-corrected chi connectivity index (χ4v) is 2.67. The molecule has 3 rings (SSSR count). The first-order chi connectivity index (χ1) is 11.0. The Bertz CT molecular complexity index is 674. The second-order valence-electron chi connectivity index (χ2n) is 6.96. The number of fused-ring (bicyclic) bond motifs is 1. The minimum absolute atomic E-state index is 0.111. The minimum Gasteiger partial charge on any atom is -0.523 e. The van der Waals surface area contributed by atoms with E-state index in [4.69, 9.17) is 14.0 Å². The summed E-state index contributed by atoms with van der Waals surface area (Å²) in [6.45, 7) is 6.60. The molecule has 1 heterocycles. The standard InChI is InChI=1S/C19H23BO3/c1-19(2,3)15-7-10-17-18(13-15)23-20(22-17)12-11-14-5-8-16(21-4)9-6-14/h5-10,13H,11-12H2,1-4H3. The molecular weight excluding hydrogens is 287 g/mol. The zero-order valence-electron chi connectivity index (χ0n) is 14.3. The second-order valence-corrected chi connectivity index (χ2v) is 6.96. The predicted molar refractivity (Wildman–Crippen MR) is 93.7 cm³/mol. The quantitative estimate of drug-likeness (QED) is 0.779. The zero-order chi connectivity index (χ0) is 16.4. The molecule has 0 saturated carbocycles. The number of aryl methyl sites for hydroxylation is 1. The van der Waals surface area contributed by atoms with Gasteiger partial charge in [0.25, 0.3) is 0 Å². The molecule has 0 atom stereocenters. The number of rotatable bonds is 4. The van der Waals surface area contributed by atoms with Gasteiger partial charge in [-0.05, 0) is 47.2 Å². The molecule has 0 saturated heterocycles. The van der Waals surface area contributed by atoms with Crippen LogP contribution in [0.25, 0.3) is 0 Å². The van der Waals surface area contributed by atoms with Crippen LogP contribution in [0, 0.1) is 0 Å². The van der Waals surface area contributed by atoms with E-state index in [9.17, 15) is 0 Å².